The lowest BCUT2D eigenvalue weighted by molar-refractivity contribution is 0.100. The molecule has 0 heterocycles. The van der Waals surface area contributed by atoms with Gasteiger partial charge in [0.2, 0.25) is 0 Å². The van der Waals surface area contributed by atoms with Gasteiger partial charge >= 0.3 is 0 Å². The van der Waals surface area contributed by atoms with Gasteiger partial charge in [0.1, 0.15) is 5.25 Å². The van der Waals surface area contributed by atoms with E-state index in [1.165, 1.54) is 56.1 Å². The van der Waals surface area contributed by atoms with Gasteiger partial charge in [0.25, 0.3) is 0 Å². The van der Waals surface area contributed by atoms with Crippen molar-refractivity contribution in [2.75, 3.05) is 0 Å². The molecule has 0 bridgehead atoms. The van der Waals surface area contributed by atoms with Crippen LogP contribution in [0, 0.1) is 5.92 Å². The average Bonchev–Trinajstić information content (AvgIpc) is 3.11. The van der Waals surface area contributed by atoms with Crippen LogP contribution in [-0.4, -0.2) is 22.1 Å². The minimum absolute atomic E-state index is 0.0281. The Labute approximate surface area is 315 Å². The maximum Gasteiger partial charge on any atom is 0.161 e. The lowest BCUT2D eigenvalue weighted by Gasteiger charge is -2.28. The number of benzene rings is 5. The number of ketones is 2. The van der Waals surface area contributed by atoms with Gasteiger partial charge in [-0.05, 0) is 124 Å². The normalized spacial score (nSPS) is 15.7. The molecule has 0 N–H and O–H groups in total. The Balaban J connectivity index is 0.00000115. The highest BCUT2D eigenvalue weighted by Gasteiger charge is 2.38. The quantitative estimate of drug-likeness (QED) is 0.0767. The fourth-order valence-electron chi connectivity index (χ4n) is 5.69. The number of Topliss-reactive ketones (excluding diaryl/α,β-unsaturated/α-hetero) is 2. The Morgan fingerprint density at radius 3 is 1.24 bits per heavy atom. The molecule has 5 aromatic carbocycles. The smallest absolute Gasteiger partial charge is 0.161 e. The average molecular weight is 735 g/mol. The molecular weight excluding hydrogens is 689 g/mol. The van der Waals surface area contributed by atoms with Crippen molar-refractivity contribution >= 4 is 57.7 Å². The van der Waals surface area contributed by atoms with Crippen molar-refractivity contribution in [3.63, 3.8) is 0 Å². The Morgan fingerprint density at radius 2 is 0.880 bits per heavy atom. The molecule has 0 aliphatic heterocycles. The highest BCUT2D eigenvalue weighted by atomic mass is 32.2. The van der Waals surface area contributed by atoms with Crippen LogP contribution in [-0.2, 0) is 10.9 Å². The first-order valence-corrected chi connectivity index (χ1v) is 20.9. The van der Waals surface area contributed by atoms with Crippen LogP contribution >= 0.6 is 35.3 Å². The van der Waals surface area contributed by atoms with Crippen LogP contribution in [0.25, 0.3) is 0 Å². The summed E-state index contributed by atoms with van der Waals surface area (Å²) in [5.41, 5.74) is 1.49. The van der Waals surface area contributed by atoms with Crippen LogP contribution in [0.5, 0.6) is 0 Å². The fourth-order valence-corrected chi connectivity index (χ4v) is 11.2. The maximum absolute atomic E-state index is 11.7. The van der Waals surface area contributed by atoms with Crippen LogP contribution in [0.15, 0.2) is 162 Å². The molecule has 0 radical (unpaired) electrons. The lowest BCUT2D eigenvalue weighted by atomic mass is 10.00. The van der Waals surface area contributed by atoms with Gasteiger partial charge in [-0.25, -0.2) is 0 Å². The summed E-state index contributed by atoms with van der Waals surface area (Å²) in [5, 5.41) is 1.29. The number of hydrogen-bond donors (Lipinski definition) is 0. The van der Waals surface area contributed by atoms with E-state index in [-0.39, 0.29) is 22.5 Å². The molecule has 5 aromatic rings. The van der Waals surface area contributed by atoms with E-state index in [4.69, 9.17) is 0 Å². The number of carbonyl (C=O) groups excluding carboxylic acids is 2. The van der Waals surface area contributed by atoms with Crippen LogP contribution in [0.2, 0.25) is 0 Å². The fraction of sp³-hybridized carbons (Fsp3) is 0.250. The van der Waals surface area contributed by atoms with E-state index < -0.39 is 0 Å². The molecule has 0 aromatic heterocycles. The molecular formula is C44H46O2S4. The van der Waals surface area contributed by atoms with Crippen LogP contribution in [0.3, 0.4) is 0 Å². The predicted molar refractivity (Wildman–Crippen MR) is 217 cm³/mol. The number of thioether (sulfide) groups is 1. The predicted octanol–water partition coefficient (Wildman–Crippen LogP) is 13.2. The van der Waals surface area contributed by atoms with Crippen molar-refractivity contribution in [2.24, 2.45) is 0 Å². The van der Waals surface area contributed by atoms with Gasteiger partial charge in [-0.2, -0.15) is 20.8 Å². The van der Waals surface area contributed by atoms with Gasteiger partial charge in [-0.15, -0.1) is 11.8 Å². The van der Waals surface area contributed by atoms with Gasteiger partial charge in [0.15, 0.2) is 21.4 Å². The van der Waals surface area contributed by atoms with Gasteiger partial charge in [-0.1, -0.05) is 66.0 Å². The first-order valence-electron chi connectivity index (χ1n) is 17.1. The van der Waals surface area contributed by atoms with Gasteiger partial charge in [0.05, 0.1) is 10.9 Å². The standard InChI is InChI=1S/C40H37O2S4.C4H9/c1-28(41)30-8-12-33(13-9-30)44-36-18-24-39(25-19-36)46(38-22-16-35(17-23-38)43-32-6-4-3-5-7-32)40-26-20-37(21-27-40)45-34-14-10-31(11-15-34)29(2)42;1-4(2)3/h3-15,18-21,24-27,35,38H,16-17,22-23H2,1-2H3;1-3H3/q+1;-1. The molecule has 1 aliphatic carbocycles. The van der Waals surface area contributed by atoms with Gasteiger partial charge in [0, 0.05) is 40.9 Å². The van der Waals surface area contributed by atoms with E-state index in [0.29, 0.717) is 10.5 Å². The summed E-state index contributed by atoms with van der Waals surface area (Å²) >= 11 is 5.51. The third-order valence-electron chi connectivity index (χ3n) is 8.15. The van der Waals surface area contributed by atoms with Crippen molar-refractivity contribution in [2.45, 2.75) is 105 Å². The molecule has 1 saturated carbocycles. The summed E-state index contributed by atoms with van der Waals surface area (Å²) in [7, 11) is -0.0281. The van der Waals surface area contributed by atoms with Crippen molar-refractivity contribution in [3.05, 3.63) is 144 Å². The minimum atomic E-state index is -0.0281. The van der Waals surface area contributed by atoms with E-state index in [2.05, 4.69) is 99.6 Å². The molecule has 0 spiro atoms. The lowest BCUT2D eigenvalue weighted by Crippen LogP contribution is -2.28. The third kappa shape index (κ3) is 11.4. The second-order valence-electron chi connectivity index (χ2n) is 13.0. The second kappa shape index (κ2) is 18.9. The van der Waals surface area contributed by atoms with Crippen molar-refractivity contribution in [1.29, 1.82) is 0 Å². The maximum atomic E-state index is 11.7. The number of hydrogen-bond acceptors (Lipinski definition) is 5. The molecule has 0 unspecified atom stereocenters. The molecule has 50 heavy (non-hydrogen) atoms. The van der Waals surface area contributed by atoms with E-state index in [1.807, 2.05) is 60.3 Å². The Morgan fingerprint density at radius 1 is 0.520 bits per heavy atom. The molecule has 0 saturated heterocycles. The molecule has 6 heteroatoms. The van der Waals surface area contributed by atoms with Crippen molar-refractivity contribution in [3.8, 4) is 0 Å². The Kier molecular flexibility index (Phi) is 14.4. The summed E-state index contributed by atoms with van der Waals surface area (Å²) in [6, 6.07) is 44.9. The number of carbonyl (C=O) groups is 2. The molecule has 258 valence electrons. The topological polar surface area (TPSA) is 34.1 Å². The largest absolute Gasteiger partial charge is 0.323 e. The molecule has 1 fully saturated rings. The van der Waals surface area contributed by atoms with Gasteiger partial charge < -0.3 is 5.92 Å². The van der Waals surface area contributed by atoms with Crippen LogP contribution in [0.4, 0.5) is 0 Å². The zero-order valence-electron chi connectivity index (χ0n) is 29.6. The van der Waals surface area contributed by atoms with Crippen molar-refractivity contribution in [1.82, 2.24) is 0 Å². The molecule has 0 amide bonds. The SMILES string of the molecule is CC(=O)c1ccc(Sc2ccc([S+](c3ccc(Sc4ccc(C(C)=O)cc4)cc3)C3CCC(Sc4ccccc4)CC3)cc2)cc1.C[C-](C)C. The van der Waals surface area contributed by atoms with Crippen LogP contribution in [0.1, 0.15) is 81.0 Å². The van der Waals surface area contributed by atoms with Crippen molar-refractivity contribution < 1.29 is 9.59 Å². The summed E-state index contributed by atoms with van der Waals surface area (Å²) in [6.07, 6.45) is 4.93. The van der Waals surface area contributed by atoms with E-state index in [9.17, 15) is 9.59 Å². The molecule has 0 atom stereocenters. The Hall–Kier alpha value is -3.16. The first kappa shape index (κ1) is 38.1. The molecule has 1 aliphatic rings. The summed E-state index contributed by atoms with van der Waals surface area (Å²) in [4.78, 5) is 32.2. The minimum Gasteiger partial charge on any atom is -0.323 e. The van der Waals surface area contributed by atoms with E-state index in [1.54, 1.807) is 37.4 Å². The first-order chi connectivity index (χ1) is 24.1. The van der Waals surface area contributed by atoms with Crippen LogP contribution < -0.4 is 0 Å². The zero-order valence-corrected chi connectivity index (χ0v) is 32.8. The van der Waals surface area contributed by atoms with E-state index >= 15 is 0 Å². The zero-order chi connectivity index (χ0) is 35.5. The number of rotatable bonds is 11. The highest BCUT2D eigenvalue weighted by molar-refractivity contribution is 8.00. The monoisotopic (exact) mass is 734 g/mol. The molecule has 2 nitrogen and oxygen atoms in total. The second-order valence-corrected chi connectivity index (χ2v) is 18.9. The summed E-state index contributed by atoms with van der Waals surface area (Å²) < 4.78 is 0. The summed E-state index contributed by atoms with van der Waals surface area (Å²) in [5.74, 6) is 1.60. The Bertz CT molecular complexity index is 1690. The van der Waals surface area contributed by atoms with E-state index in [0.717, 1.165) is 20.9 Å². The summed E-state index contributed by atoms with van der Waals surface area (Å²) in [6.45, 7) is 9.46. The molecule has 6 rings (SSSR count). The van der Waals surface area contributed by atoms with Gasteiger partial charge in [-0.3, -0.25) is 9.59 Å². The third-order valence-corrected chi connectivity index (χ3v) is 14.2. The highest BCUT2D eigenvalue weighted by Crippen LogP contribution is 2.41.